The monoisotopic (exact) mass is 262 g/mol. The van der Waals surface area contributed by atoms with Crippen LogP contribution < -0.4 is 10.0 Å². The maximum atomic E-state index is 11.8. The molecular formula is C11H22N2O3S. The third kappa shape index (κ3) is 5.32. The minimum Gasteiger partial charge on any atom is -0.354 e. The Bertz CT molecular complexity index is 386. The summed E-state index contributed by atoms with van der Waals surface area (Å²) in [7, 11) is -3.19. The lowest BCUT2D eigenvalue weighted by atomic mass is 9.85. The van der Waals surface area contributed by atoms with Gasteiger partial charge < -0.3 is 5.32 Å². The Balaban J connectivity index is 4.08. The molecule has 0 aliphatic carbocycles. The summed E-state index contributed by atoms with van der Waals surface area (Å²) in [5.41, 5.74) is 0.132. The molecule has 0 aliphatic heterocycles. The number of carbonyl (C=O) groups excluding carboxylic acids is 1. The summed E-state index contributed by atoms with van der Waals surface area (Å²) in [5, 5.41) is 2.67. The zero-order chi connectivity index (χ0) is 13.7. The summed E-state index contributed by atoms with van der Waals surface area (Å²) < 4.78 is 24.6. The van der Waals surface area contributed by atoms with Crippen LogP contribution in [-0.2, 0) is 14.8 Å². The Kier molecular flexibility index (Phi) is 5.84. The summed E-state index contributed by atoms with van der Waals surface area (Å²) in [6, 6.07) is 0. The Hall–Kier alpha value is -0.880. The van der Waals surface area contributed by atoms with Crippen molar-refractivity contribution in [1.82, 2.24) is 10.0 Å². The Morgan fingerprint density at radius 2 is 1.82 bits per heavy atom. The molecule has 0 radical (unpaired) electrons. The summed E-state index contributed by atoms with van der Waals surface area (Å²) >= 11 is 0. The zero-order valence-corrected chi connectivity index (χ0v) is 11.8. The molecule has 100 valence electrons. The minimum atomic E-state index is -3.19. The summed E-state index contributed by atoms with van der Waals surface area (Å²) in [4.78, 5) is 11.8. The van der Waals surface area contributed by atoms with Crippen molar-refractivity contribution in [1.29, 1.82) is 0 Å². The van der Waals surface area contributed by atoms with Crippen LogP contribution in [0, 0.1) is 5.41 Å². The third-order valence-corrected chi connectivity index (χ3v) is 4.15. The van der Waals surface area contributed by atoms with Crippen molar-refractivity contribution in [3.8, 4) is 0 Å². The number of rotatable bonds is 7. The second kappa shape index (κ2) is 6.16. The standard InChI is InChI=1S/C11H22N2O3S/c1-6-17(15,16)13-8-7-12-10(14)11(4,5)9(2)3/h13H,2,6-8H2,1,3-5H3,(H,12,14). The van der Waals surface area contributed by atoms with Crippen LogP contribution >= 0.6 is 0 Å². The van der Waals surface area contributed by atoms with E-state index in [1.54, 1.807) is 27.7 Å². The Labute approximate surface area is 104 Å². The molecule has 0 unspecified atom stereocenters. The fourth-order valence-electron chi connectivity index (χ4n) is 0.899. The quantitative estimate of drug-likeness (QED) is 0.522. The molecule has 0 fully saturated rings. The van der Waals surface area contributed by atoms with Crippen LogP contribution in [0.25, 0.3) is 0 Å². The van der Waals surface area contributed by atoms with E-state index in [1.807, 2.05) is 0 Å². The van der Waals surface area contributed by atoms with Crippen molar-refractivity contribution < 1.29 is 13.2 Å². The molecule has 0 saturated heterocycles. The van der Waals surface area contributed by atoms with E-state index in [0.29, 0.717) is 0 Å². The first-order valence-electron chi connectivity index (χ1n) is 5.55. The number of nitrogens with one attached hydrogen (secondary N) is 2. The molecule has 0 spiro atoms. The topological polar surface area (TPSA) is 75.3 Å². The van der Waals surface area contributed by atoms with Gasteiger partial charge in [-0.1, -0.05) is 12.2 Å². The SMILES string of the molecule is C=C(C)C(C)(C)C(=O)NCCNS(=O)(=O)CC. The van der Waals surface area contributed by atoms with Gasteiger partial charge in [0, 0.05) is 13.1 Å². The van der Waals surface area contributed by atoms with Crippen molar-refractivity contribution in [2.45, 2.75) is 27.7 Å². The van der Waals surface area contributed by atoms with Gasteiger partial charge in [0.2, 0.25) is 15.9 Å². The van der Waals surface area contributed by atoms with Gasteiger partial charge in [0.15, 0.2) is 0 Å². The van der Waals surface area contributed by atoms with Crippen molar-refractivity contribution in [2.75, 3.05) is 18.8 Å². The molecule has 2 N–H and O–H groups in total. The number of carbonyl (C=O) groups is 1. The number of hydrogen-bond acceptors (Lipinski definition) is 3. The van der Waals surface area contributed by atoms with Crippen LogP contribution in [0.15, 0.2) is 12.2 Å². The molecule has 0 aromatic heterocycles. The molecular weight excluding hydrogens is 240 g/mol. The van der Waals surface area contributed by atoms with E-state index in [1.165, 1.54) is 0 Å². The van der Waals surface area contributed by atoms with E-state index in [0.717, 1.165) is 5.57 Å². The first-order valence-corrected chi connectivity index (χ1v) is 7.20. The van der Waals surface area contributed by atoms with Crippen LogP contribution in [0.1, 0.15) is 27.7 Å². The molecule has 0 atom stereocenters. The number of hydrogen-bond donors (Lipinski definition) is 2. The first-order chi connectivity index (χ1) is 7.63. The maximum Gasteiger partial charge on any atom is 0.229 e. The van der Waals surface area contributed by atoms with Gasteiger partial charge in [0.25, 0.3) is 0 Å². The van der Waals surface area contributed by atoms with Crippen LogP contribution in [0.3, 0.4) is 0 Å². The first kappa shape index (κ1) is 16.1. The second-order valence-corrected chi connectivity index (χ2v) is 6.55. The van der Waals surface area contributed by atoms with Gasteiger partial charge in [-0.3, -0.25) is 4.79 Å². The smallest absolute Gasteiger partial charge is 0.229 e. The summed E-state index contributed by atoms with van der Waals surface area (Å²) in [6.45, 7) is 11.1. The van der Waals surface area contributed by atoms with E-state index < -0.39 is 15.4 Å². The van der Waals surface area contributed by atoms with Gasteiger partial charge in [0.05, 0.1) is 11.2 Å². The number of amides is 1. The summed E-state index contributed by atoms with van der Waals surface area (Å²) in [5.74, 6) is -0.112. The molecule has 0 rings (SSSR count). The molecule has 0 saturated carbocycles. The van der Waals surface area contributed by atoms with Crippen molar-refractivity contribution >= 4 is 15.9 Å². The maximum absolute atomic E-state index is 11.8. The van der Waals surface area contributed by atoms with Crippen molar-refractivity contribution in [3.63, 3.8) is 0 Å². The number of sulfonamides is 1. The third-order valence-electron chi connectivity index (χ3n) is 2.75. The zero-order valence-electron chi connectivity index (χ0n) is 11.0. The second-order valence-electron chi connectivity index (χ2n) is 4.46. The molecule has 6 heteroatoms. The Morgan fingerprint density at radius 3 is 2.24 bits per heavy atom. The lowest BCUT2D eigenvalue weighted by Crippen LogP contribution is -2.41. The van der Waals surface area contributed by atoms with Crippen LogP contribution in [-0.4, -0.2) is 33.2 Å². The molecule has 17 heavy (non-hydrogen) atoms. The van der Waals surface area contributed by atoms with Crippen molar-refractivity contribution in [3.05, 3.63) is 12.2 Å². The highest BCUT2D eigenvalue weighted by Gasteiger charge is 2.27. The van der Waals surface area contributed by atoms with Gasteiger partial charge in [-0.2, -0.15) is 0 Å². The highest BCUT2D eigenvalue weighted by Crippen LogP contribution is 2.23. The van der Waals surface area contributed by atoms with E-state index >= 15 is 0 Å². The van der Waals surface area contributed by atoms with E-state index in [4.69, 9.17) is 0 Å². The largest absolute Gasteiger partial charge is 0.354 e. The molecule has 0 aliphatic rings. The molecule has 0 bridgehead atoms. The van der Waals surface area contributed by atoms with E-state index in [-0.39, 0.29) is 24.7 Å². The predicted molar refractivity (Wildman–Crippen MR) is 69.1 cm³/mol. The lowest BCUT2D eigenvalue weighted by molar-refractivity contribution is -0.127. The predicted octanol–water partition coefficient (Wildman–Crippen LogP) is 0.644. The Morgan fingerprint density at radius 1 is 1.29 bits per heavy atom. The average molecular weight is 262 g/mol. The fraction of sp³-hybridized carbons (Fsp3) is 0.727. The van der Waals surface area contributed by atoms with Crippen molar-refractivity contribution in [2.24, 2.45) is 5.41 Å². The van der Waals surface area contributed by atoms with Crippen LogP contribution in [0.2, 0.25) is 0 Å². The highest BCUT2D eigenvalue weighted by molar-refractivity contribution is 7.89. The highest BCUT2D eigenvalue weighted by atomic mass is 32.2. The van der Waals surface area contributed by atoms with Crippen LogP contribution in [0.5, 0.6) is 0 Å². The van der Waals surface area contributed by atoms with Gasteiger partial charge in [-0.05, 0) is 27.7 Å². The van der Waals surface area contributed by atoms with Gasteiger partial charge in [0.1, 0.15) is 0 Å². The molecule has 1 amide bonds. The van der Waals surface area contributed by atoms with Gasteiger partial charge >= 0.3 is 0 Å². The summed E-state index contributed by atoms with van der Waals surface area (Å²) in [6.07, 6.45) is 0. The molecule has 0 aromatic carbocycles. The average Bonchev–Trinajstić information content (AvgIpc) is 2.23. The minimum absolute atomic E-state index is 0.0399. The normalized spacial score (nSPS) is 12.2. The van der Waals surface area contributed by atoms with E-state index in [2.05, 4.69) is 16.6 Å². The fourth-order valence-corrected chi connectivity index (χ4v) is 1.52. The lowest BCUT2D eigenvalue weighted by Gasteiger charge is -2.23. The van der Waals surface area contributed by atoms with Crippen LogP contribution in [0.4, 0.5) is 0 Å². The molecule has 5 nitrogen and oxygen atoms in total. The van der Waals surface area contributed by atoms with Gasteiger partial charge in [-0.25, -0.2) is 13.1 Å². The van der Waals surface area contributed by atoms with E-state index in [9.17, 15) is 13.2 Å². The molecule has 0 aromatic rings. The van der Waals surface area contributed by atoms with Gasteiger partial charge in [-0.15, -0.1) is 0 Å². The molecule has 0 heterocycles.